The van der Waals surface area contributed by atoms with Crippen LogP contribution in [-0.4, -0.2) is 48.0 Å². The third-order valence-electron chi connectivity index (χ3n) is 3.78. The fraction of sp³-hybridized carbons (Fsp3) is 1.00. The second kappa shape index (κ2) is 4.81. The number of aliphatic hydroxyl groups is 1. The van der Waals surface area contributed by atoms with Crippen LogP contribution in [0.4, 0.5) is 0 Å². The van der Waals surface area contributed by atoms with E-state index in [4.69, 9.17) is 4.74 Å². The third kappa shape index (κ3) is 2.71. The van der Waals surface area contributed by atoms with Crippen molar-refractivity contribution in [3.05, 3.63) is 0 Å². The maximum atomic E-state index is 9.66. The molecule has 2 aliphatic rings. The van der Waals surface area contributed by atoms with E-state index in [2.05, 4.69) is 4.90 Å². The highest BCUT2D eigenvalue weighted by atomic mass is 16.5. The summed E-state index contributed by atoms with van der Waals surface area (Å²) in [6.07, 6.45) is 5.73. The van der Waals surface area contributed by atoms with E-state index in [0.29, 0.717) is 0 Å². The summed E-state index contributed by atoms with van der Waals surface area (Å²) in [5.74, 6) is 0. The van der Waals surface area contributed by atoms with Gasteiger partial charge in [-0.15, -0.1) is 0 Å². The molecule has 3 nitrogen and oxygen atoms in total. The number of β-amino-alcohol motifs (C(OH)–C–C–N with tert-alkyl or cyclic N) is 1. The predicted octanol–water partition coefficient (Wildman–Crippen LogP) is 1.40. The summed E-state index contributed by atoms with van der Waals surface area (Å²) in [4.78, 5) is 2.38. The SMILES string of the molecule is CC[C@@H](O)CN1CCOC2(CCCC2)C1. The van der Waals surface area contributed by atoms with E-state index in [0.717, 1.165) is 32.7 Å². The fourth-order valence-corrected chi connectivity index (χ4v) is 2.83. The molecule has 1 saturated carbocycles. The minimum absolute atomic E-state index is 0.145. The van der Waals surface area contributed by atoms with Crippen molar-refractivity contribution in [2.45, 2.75) is 50.7 Å². The van der Waals surface area contributed by atoms with Gasteiger partial charge in [-0.3, -0.25) is 4.90 Å². The highest BCUT2D eigenvalue weighted by Gasteiger charge is 2.39. The molecule has 3 heteroatoms. The van der Waals surface area contributed by atoms with E-state index >= 15 is 0 Å². The van der Waals surface area contributed by atoms with E-state index in [-0.39, 0.29) is 11.7 Å². The molecule has 1 heterocycles. The van der Waals surface area contributed by atoms with Crippen LogP contribution in [0.3, 0.4) is 0 Å². The van der Waals surface area contributed by atoms with Crippen molar-refractivity contribution >= 4 is 0 Å². The molecule has 0 unspecified atom stereocenters. The summed E-state index contributed by atoms with van der Waals surface area (Å²) in [6.45, 7) is 5.72. The third-order valence-corrected chi connectivity index (χ3v) is 3.78. The number of rotatable bonds is 3. The molecule has 15 heavy (non-hydrogen) atoms. The molecule has 0 aromatic rings. The molecular weight excluding hydrogens is 190 g/mol. The van der Waals surface area contributed by atoms with Crippen LogP contribution < -0.4 is 0 Å². The lowest BCUT2D eigenvalue weighted by Gasteiger charge is -2.41. The van der Waals surface area contributed by atoms with E-state index < -0.39 is 0 Å². The van der Waals surface area contributed by atoms with Gasteiger partial charge in [0.05, 0.1) is 18.3 Å². The quantitative estimate of drug-likeness (QED) is 0.769. The zero-order chi connectivity index (χ0) is 10.7. The zero-order valence-electron chi connectivity index (χ0n) is 9.74. The van der Waals surface area contributed by atoms with Crippen LogP contribution in [0.1, 0.15) is 39.0 Å². The maximum absolute atomic E-state index is 9.66. The first-order valence-electron chi connectivity index (χ1n) is 6.28. The van der Waals surface area contributed by atoms with Gasteiger partial charge in [0, 0.05) is 19.6 Å². The van der Waals surface area contributed by atoms with Crippen molar-refractivity contribution in [2.24, 2.45) is 0 Å². The summed E-state index contributed by atoms with van der Waals surface area (Å²) in [5.41, 5.74) is 0.145. The van der Waals surface area contributed by atoms with E-state index in [1.807, 2.05) is 6.92 Å². The van der Waals surface area contributed by atoms with Gasteiger partial charge >= 0.3 is 0 Å². The molecule has 88 valence electrons. The molecule has 1 N–H and O–H groups in total. The lowest BCUT2D eigenvalue weighted by Crippen LogP contribution is -2.52. The Balaban J connectivity index is 1.86. The first-order chi connectivity index (χ1) is 7.24. The molecule has 1 saturated heterocycles. The average molecular weight is 213 g/mol. The van der Waals surface area contributed by atoms with Crippen LogP contribution in [0.2, 0.25) is 0 Å². The van der Waals surface area contributed by atoms with Gasteiger partial charge in [0.1, 0.15) is 0 Å². The number of nitrogens with zero attached hydrogens (tertiary/aromatic N) is 1. The van der Waals surface area contributed by atoms with E-state index in [9.17, 15) is 5.11 Å². The second-order valence-electron chi connectivity index (χ2n) is 5.04. The summed E-state index contributed by atoms with van der Waals surface area (Å²) in [7, 11) is 0. The molecule has 0 amide bonds. The summed E-state index contributed by atoms with van der Waals surface area (Å²) >= 11 is 0. The van der Waals surface area contributed by atoms with Gasteiger partial charge in [-0.2, -0.15) is 0 Å². The van der Waals surface area contributed by atoms with Crippen LogP contribution in [0.15, 0.2) is 0 Å². The van der Waals surface area contributed by atoms with Crippen LogP contribution in [0, 0.1) is 0 Å². The summed E-state index contributed by atoms with van der Waals surface area (Å²) < 4.78 is 5.95. The summed E-state index contributed by atoms with van der Waals surface area (Å²) in [6, 6.07) is 0. The first-order valence-corrected chi connectivity index (χ1v) is 6.28. The van der Waals surface area contributed by atoms with Crippen molar-refractivity contribution in [3.63, 3.8) is 0 Å². The van der Waals surface area contributed by atoms with Gasteiger partial charge in [0.25, 0.3) is 0 Å². The molecule has 1 spiro atoms. The monoisotopic (exact) mass is 213 g/mol. The molecule has 0 aromatic heterocycles. The van der Waals surface area contributed by atoms with Crippen LogP contribution in [0.25, 0.3) is 0 Å². The molecule has 1 aliphatic carbocycles. The van der Waals surface area contributed by atoms with Crippen molar-refractivity contribution in [1.82, 2.24) is 4.90 Å². The van der Waals surface area contributed by atoms with E-state index in [1.165, 1.54) is 25.7 Å². The van der Waals surface area contributed by atoms with Gasteiger partial charge in [-0.05, 0) is 19.3 Å². The number of hydrogen-bond acceptors (Lipinski definition) is 3. The van der Waals surface area contributed by atoms with Crippen molar-refractivity contribution < 1.29 is 9.84 Å². The van der Waals surface area contributed by atoms with E-state index in [1.54, 1.807) is 0 Å². The lowest BCUT2D eigenvalue weighted by molar-refractivity contribution is -0.110. The minimum atomic E-state index is -0.165. The molecule has 2 rings (SSSR count). The van der Waals surface area contributed by atoms with Gasteiger partial charge < -0.3 is 9.84 Å². The Morgan fingerprint density at radius 1 is 1.40 bits per heavy atom. The number of hydrogen-bond donors (Lipinski definition) is 1. The maximum Gasteiger partial charge on any atom is 0.0809 e. The predicted molar refractivity (Wildman–Crippen MR) is 59.9 cm³/mol. The molecule has 1 atom stereocenters. The summed E-state index contributed by atoms with van der Waals surface area (Å²) in [5, 5.41) is 9.66. The molecule has 0 bridgehead atoms. The first kappa shape index (κ1) is 11.4. The number of aliphatic hydroxyl groups excluding tert-OH is 1. The largest absolute Gasteiger partial charge is 0.392 e. The van der Waals surface area contributed by atoms with Crippen LogP contribution in [-0.2, 0) is 4.74 Å². The van der Waals surface area contributed by atoms with Crippen LogP contribution >= 0.6 is 0 Å². The smallest absolute Gasteiger partial charge is 0.0809 e. The second-order valence-corrected chi connectivity index (χ2v) is 5.04. The van der Waals surface area contributed by atoms with Gasteiger partial charge in [0.2, 0.25) is 0 Å². The standard InChI is InChI=1S/C12H23NO2/c1-2-11(14)9-13-7-8-15-12(10-13)5-3-4-6-12/h11,14H,2-10H2,1H3/t11-/m1/s1. The minimum Gasteiger partial charge on any atom is -0.392 e. The Bertz CT molecular complexity index is 202. The molecule has 1 aliphatic heterocycles. The Labute approximate surface area is 92.4 Å². The topological polar surface area (TPSA) is 32.7 Å². The number of ether oxygens (including phenoxy) is 1. The highest BCUT2D eigenvalue weighted by Crippen LogP contribution is 2.35. The molecular formula is C12H23NO2. The molecule has 0 radical (unpaired) electrons. The van der Waals surface area contributed by atoms with Gasteiger partial charge in [0.15, 0.2) is 0 Å². The molecule has 0 aromatic carbocycles. The van der Waals surface area contributed by atoms with Gasteiger partial charge in [-0.25, -0.2) is 0 Å². The Kier molecular flexibility index (Phi) is 3.65. The lowest BCUT2D eigenvalue weighted by atomic mass is 9.99. The van der Waals surface area contributed by atoms with Crippen molar-refractivity contribution in [1.29, 1.82) is 0 Å². The van der Waals surface area contributed by atoms with Crippen LogP contribution in [0.5, 0.6) is 0 Å². The van der Waals surface area contributed by atoms with Crippen molar-refractivity contribution in [3.8, 4) is 0 Å². The normalized spacial score (nSPS) is 28.4. The van der Waals surface area contributed by atoms with Crippen molar-refractivity contribution in [2.75, 3.05) is 26.2 Å². The number of morpholine rings is 1. The Morgan fingerprint density at radius 3 is 2.80 bits per heavy atom. The average Bonchev–Trinajstić information content (AvgIpc) is 2.66. The fourth-order valence-electron chi connectivity index (χ4n) is 2.83. The highest BCUT2D eigenvalue weighted by molar-refractivity contribution is 4.92. The zero-order valence-corrected chi connectivity index (χ0v) is 9.74. The Morgan fingerprint density at radius 2 is 2.13 bits per heavy atom. The molecule has 2 fully saturated rings. The Hall–Kier alpha value is -0.120. The van der Waals surface area contributed by atoms with Gasteiger partial charge in [-0.1, -0.05) is 19.8 Å².